The summed E-state index contributed by atoms with van der Waals surface area (Å²) >= 11 is 0. The Labute approximate surface area is 64.4 Å². The highest BCUT2D eigenvalue weighted by atomic mass is 16.2. The van der Waals surface area contributed by atoms with E-state index < -0.39 is 11.4 Å². The summed E-state index contributed by atoms with van der Waals surface area (Å²) in [4.78, 5) is 21.6. The monoisotopic (exact) mass is 154 g/mol. The Bertz CT molecular complexity index is 235. The van der Waals surface area contributed by atoms with Gasteiger partial charge in [-0.25, -0.2) is 0 Å². The maximum atomic E-state index is 10.8. The van der Waals surface area contributed by atoms with Gasteiger partial charge in [0.15, 0.2) is 5.78 Å². The van der Waals surface area contributed by atoms with E-state index in [-0.39, 0.29) is 12.2 Å². The summed E-state index contributed by atoms with van der Waals surface area (Å²) in [6.07, 6.45) is 2.99. The molecule has 11 heavy (non-hydrogen) atoms. The highest BCUT2D eigenvalue weighted by Crippen LogP contribution is 2.13. The summed E-state index contributed by atoms with van der Waals surface area (Å²) in [6, 6.07) is 0. The summed E-state index contributed by atoms with van der Waals surface area (Å²) in [5, 5.41) is 2.75. The Morgan fingerprint density at radius 1 is 1.82 bits per heavy atom. The zero-order valence-corrected chi connectivity index (χ0v) is 6.26. The van der Waals surface area contributed by atoms with Gasteiger partial charge in [0, 0.05) is 12.6 Å². The fourth-order valence-corrected chi connectivity index (χ4v) is 0.935. The molecule has 0 aromatic carbocycles. The molecule has 1 atom stereocenters. The lowest BCUT2D eigenvalue weighted by Gasteiger charge is -2.27. The lowest BCUT2D eigenvalue weighted by atomic mass is 9.92. The van der Waals surface area contributed by atoms with Crippen molar-refractivity contribution in [3.8, 4) is 0 Å². The molecule has 1 aliphatic rings. The van der Waals surface area contributed by atoms with Crippen molar-refractivity contribution in [2.45, 2.75) is 18.9 Å². The molecule has 3 N–H and O–H groups in total. The van der Waals surface area contributed by atoms with Crippen LogP contribution < -0.4 is 11.1 Å². The largest absolute Gasteiger partial charge is 0.377 e. The third kappa shape index (κ3) is 1.39. The van der Waals surface area contributed by atoms with E-state index in [4.69, 9.17) is 5.73 Å². The number of allylic oxidation sites excluding steroid dienone is 1. The lowest BCUT2D eigenvalue weighted by molar-refractivity contribution is -0.127. The lowest BCUT2D eigenvalue weighted by Crippen LogP contribution is -2.53. The van der Waals surface area contributed by atoms with Crippen molar-refractivity contribution in [3.05, 3.63) is 12.3 Å². The summed E-state index contributed by atoms with van der Waals surface area (Å²) in [5.41, 5.74) is 4.18. The van der Waals surface area contributed by atoms with Crippen LogP contribution in [0.5, 0.6) is 0 Å². The second kappa shape index (κ2) is 2.38. The number of carbonyl (C=O) groups excluding carboxylic acids is 2. The van der Waals surface area contributed by atoms with Crippen LogP contribution in [0.1, 0.15) is 13.3 Å². The Hall–Kier alpha value is -1.32. The van der Waals surface area contributed by atoms with Crippen molar-refractivity contribution in [1.29, 1.82) is 0 Å². The number of primary amides is 1. The fourth-order valence-electron chi connectivity index (χ4n) is 0.935. The average molecular weight is 154 g/mol. The second-order valence-corrected chi connectivity index (χ2v) is 2.82. The molecule has 0 aliphatic carbocycles. The molecule has 0 spiro atoms. The van der Waals surface area contributed by atoms with Gasteiger partial charge in [0.25, 0.3) is 0 Å². The molecule has 0 fully saturated rings. The van der Waals surface area contributed by atoms with E-state index in [1.165, 1.54) is 12.3 Å². The Morgan fingerprint density at radius 3 is 2.82 bits per heavy atom. The van der Waals surface area contributed by atoms with Crippen LogP contribution in [-0.4, -0.2) is 17.2 Å². The van der Waals surface area contributed by atoms with Crippen LogP contribution in [0.4, 0.5) is 0 Å². The molecule has 4 nitrogen and oxygen atoms in total. The third-order valence-electron chi connectivity index (χ3n) is 1.74. The third-order valence-corrected chi connectivity index (χ3v) is 1.74. The van der Waals surface area contributed by atoms with Crippen molar-refractivity contribution in [2.24, 2.45) is 5.73 Å². The highest BCUT2D eigenvalue weighted by Gasteiger charge is 2.33. The van der Waals surface area contributed by atoms with Crippen molar-refractivity contribution in [3.63, 3.8) is 0 Å². The van der Waals surface area contributed by atoms with E-state index >= 15 is 0 Å². The van der Waals surface area contributed by atoms with Gasteiger partial charge in [-0.2, -0.15) is 0 Å². The van der Waals surface area contributed by atoms with Gasteiger partial charge in [0.1, 0.15) is 5.54 Å². The van der Waals surface area contributed by atoms with Gasteiger partial charge in [-0.05, 0) is 13.0 Å². The van der Waals surface area contributed by atoms with E-state index in [0.29, 0.717) is 0 Å². The number of hydrogen-bond acceptors (Lipinski definition) is 3. The number of nitrogens with one attached hydrogen (secondary N) is 1. The first-order valence-electron chi connectivity index (χ1n) is 3.31. The molecule has 1 unspecified atom stereocenters. The van der Waals surface area contributed by atoms with Gasteiger partial charge in [-0.1, -0.05) is 0 Å². The minimum atomic E-state index is -0.897. The van der Waals surface area contributed by atoms with Gasteiger partial charge < -0.3 is 11.1 Å². The van der Waals surface area contributed by atoms with Crippen molar-refractivity contribution in [2.75, 3.05) is 0 Å². The summed E-state index contributed by atoms with van der Waals surface area (Å²) in [7, 11) is 0. The van der Waals surface area contributed by atoms with E-state index in [0.717, 1.165) is 0 Å². The molecule has 60 valence electrons. The number of rotatable bonds is 1. The Morgan fingerprint density at radius 2 is 2.45 bits per heavy atom. The zero-order chi connectivity index (χ0) is 8.48. The minimum Gasteiger partial charge on any atom is -0.377 e. The topological polar surface area (TPSA) is 72.2 Å². The van der Waals surface area contributed by atoms with Gasteiger partial charge in [0.05, 0.1) is 0 Å². The Balaban J connectivity index is 2.83. The second-order valence-electron chi connectivity index (χ2n) is 2.82. The molecule has 1 heterocycles. The summed E-state index contributed by atoms with van der Waals surface area (Å²) in [6.45, 7) is 1.61. The van der Waals surface area contributed by atoms with E-state index in [9.17, 15) is 9.59 Å². The molecule has 0 radical (unpaired) electrons. The van der Waals surface area contributed by atoms with Crippen LogP contribution in [0.2, 0.25) is 0 Å². The standard InChI is InChI=1S/C7H10N2O2/c1-7(6(8)11)4-5(10)2-3-9-7/h2-3,9H,4H2,1H3,(H2,8,11). The molecule has 1 aliphatic heterocycles. The molecule has 0 saturated carbocycles. The van der Waals surface area contributed by atoms with Crippen molar-refractivity contribution < 1.29 is 9.59 Å². The molecule has 4 heteroatoms. The number of nitrogens with two attached hydrogens (primary N) is 1. The predicted octanol–water partition coefficient (Wildman–Crippen LogP) is -0.693. The number of carbonyl (C=O) groups is 2. The van der Waals surface area contributed by atoms with E-state index in [1.54, 1.807) is 6.92 Å². The quantitative estimate of drug-likeness (QED) is 0.525. The zero-order valence-electron chi connectivity index (χ0n) is 6.26. The van der Waals surface area contributed by atoms with Crippen LogP contribution in [0, 0.1) is 0 Å². The van der Waals surface area contributed by atoms with Gasteiger partial charge in [-0.3, -0.25) is 9.59 Å². The minimum absolute atomic E-state index is 0.0787. The number of hydrogen-bond donors (Lipinski definition) is 2. The van der Waals surface area contributed by atoms with Crippen LogP contribution in [0.15, 0.2) is 12.3 Å². The summed E-state index contributed by atoms with van der Waals surface area (Å²) in [5.74, 6) is -0.583. The van der Waals surface area contributed by atoms with Crippen molar-refractivity contribution >= 4 is 11.7 Å². The van der Waals surface area contributed by atoms with Gasteiger partial charge >= 0.3 is 0 Å². The highest BCUT2D eigenvalue weighted by molar-refractivity contribution is 5.98. The van der Waals surface area contributed by atoms with Gasteiger partial charge in [0.2, 0.25) is 5.91 Å². The van der Waals surface area contributed by atoms with E-state index in [1.807, 2.05) is 0 Å². The number of amides is 1. The first kappa shape index (κ1) is 7.78. The van der Waals surface area contributed by atoms with Gasteiger partial charge in [-0.15, -0.1) is 0 Å². The molecule has 0 saturated heterocycles. The predicted molar refractivity (Wildman–Crippen MR) is 39.5 cm³/mol. The maximum Gasteiger partial charge on any atom is 0.243 e. The Kier molecular flexibility index (Phi) is 1.68. The van der Waals surface area contributed by atoms with Crippen LogP contribution >= 0.6 is 0 Å². The molecule has 1 rings (SSSR count). The molecular formula is C7H10N2O2. The SMILES string of the molecule is CC1(C(N)=O)CC(=O)C=CN1. The first-order valence-corrected chi connectivity index (χ1v) is 3.31. The first-order chi connectivity index (χ1) is 5.04. The average Bonchev–Trinajstić information content (AvgIpc) is 1.86. The molecule has 0 bridgehead atoms. The molecule has 0 aromatic rings. The van der Waals surface area contributed by atoms with Crippen LogP contribution in [-0.2, 0) is 9.59 Å². The summed E-state index contributed by atoms with van der Waals surface area (Å²) < 4.78 is 0. The van der Waals surface area contributed by atoms with Crippen molar-refractivity contribution in [1.82, 2.24) is 5.32 Å². The normalized spacial score (nSPS) is 29.7. The fraction of sp³-hybridized carbons (Fsp3) is 0.429. The smallest absolute Gasteiger partial charge is 0.243 e. The molecular weight excluding hydrogens is 144 g/mol. The number of ketones is 1. The van der Waals surface area contributed by atoms with Crippen LogP contribution in [0.25, 0.3) is 0 Å². The molecule has 0 aromatic heterocycles. The van der Waals surface area contributed by atoms with Crippen LogP contribution in [0.3, 0.4) is 0 Å². The molecule has 1 amide bonds. The maximum absolute atomic E-state index is 10.8. The van der Waals surface area contributed by atoms with E-state index in [2.05, 4.69) is 5.32 Å².